The fraction of sp³-hybridized carbons (Fsp3) is 0.200. The van der Waals surface area contributed by atoms with Crippen LogP contribution in [0.25, 0.3) is 10.9 Å². The zero-order chi connectivity index (χ0) is 10.8. The summed E-state index contributed by atoms with van der Waals surface area (Å²) in [6.45, 7) is 0.495. The molecular weight excluding hydrogens is 190 g/mol. The molecule has 0 spiro atoms. The maximum atomic E-state index is 5.80. The number of hydrogen-bond acceptors (Lipinski definition) is 5. The van der Waals surface area contributed by atoms with Gasteiger partial charge in [-0.05, 0) is 17.7 Å². The molecule has 0 atom stereocenters. The second-order valence-electron chi connectivity index (χ2n) is 3.24. The SMILES string of the molecule is CNc1nc(N)c2ccc(CN)cc2n1. The standard InChI is InChI=1S/C10H13N5/c1-13-10-14-8-4-6(5-11)2-3-7(8)9(12)15-10/h2-4H,5,11H2,1H3,(H3,12,13,14,15). The van der Waals surface area contributed by atoms with E-state index in [4.69, 9.17) is 11.5 Å². The Labute approximate surface area is 87.5 Å². The van der Waals surface area contributed by atoms with Crippen LogP contribution in [-0.2, 0) is 6.54 Å². The molecular formula is C10H13N5. The second kappa shape index (κ2) is 3.70. The van der Waals surface area contributed by atoms with Crippen LogP contribution in [0.3, 0.4) is 0 Å². The molecule has 5 heteroatoms. The molecule has 0 saturated heterocycles. The van der Waals surface area contributed by atoms with E-state index < -0.39 is 0 Å². The van der Waals surface area contributed by atoms with Gasteiger partial charge in [-0.3, -0.25) is 0 Å². The Kier molecular flexibility index (Phi) is 2.39. The summed E-state index contributed by atoms with van der Waals surface area (Å²) in [5.74, 6) is 1.00. The molecule has 0 fully saturated rings. The highest BCUT2D eigenvalue weighted by molar-refractivity contribution is 5.89. The maximum absolute atomic E-state index is 5.80. The van der Waals surface area contributed by atoms with Crippen LogP contribution in [0, 0.1) is 0 Å². The van der Waals surface area contributed by atoms with Gasteiger partial charge in [-0.15, -0.1) is 0 Å². The predicted octanol–water partition coefficient (Wildman–Crippen LogP) is 0.712. The Morgan fingerprint density at radius 2 is 2.13 bits per heavy atom. The topological polar surface area (TPSA) is 89.8 Å². The summed E-state index contributed by atoms with van der Waals surface area (Å²) in [7, 11) is 1.76. The number of benzene rings is 1. The zero-order valence-electron chi connectivity index (χ0n) is 8.49. The first-order chi connectivity index (χ1) is 7.24. The number of fused-ring (bicyclic) bond motifs is 1. The van der Waals surface area contributed by atoms with Gasteiger partial charge in [-0.2, -0.15) is 4.98 Å². The first-order valence-corrected chi connectivity index (χ1v) is 4.68. The van der Waals surface area contributed by atoms with E-state index in [1.807, 2.05) is 18.2 Å². The van der Waals surface area contributed by atoms with Gasteiger partial charge in [0.1, 0.15) is 5.82 Å². The fourth-order valence-corrected chi connectivity index (χ4v) is 1.44. The number of anilines is 2. The van der Waals surface area contributed by atoms with E-state index >= 15 is 0 Å². The Hall–Kier alpha value is -1.88. The molecule has 5 N–H and O–H groups in total. The summed E-state index contributed by atoms with van der Waals surface area (Å²) >= 11 is 0. The van der Waals surface area contributed by atoms with Crippen LogP contribution >= 0.6 is 0 Å². The lowest BCUT2D eigenvalue weighted by molar-refractivity contribution is 1.07. The Morgan fingerprint density at radius 1 is 1.33 bits per heavy atom. The van der Waals surface area contributed by atoms with Crippen molar-refractivity contribution < 1.29 is 0 Å². The lowest BCUT2D eigenvalue weighted by atomic mass is 10.1. The summed E-state index contributed by atoms with van der Waals surface area (Å²) in [6.07, 6.45) is 0. The van der Waals surface area contributed by atoms with Crippen molar-refractivity contribution in [2.75, 3.05) is 18.1 Å². The van der Waals surface area contributed by atoms with E-state index in [-0.39, 0.29) is 0 Å². The number of nitrogens with one attached hydrogen (secondary N) is 1. The van der Waals surface area contributed by atoms with E-state index in [2.05, 4.69) is 15.3 Å². The Balaban J connectivity index is 2.69. The van der Waals surface area contributed by atoms with Crippen LogP contribution in [0.5, 0.6) is 0 Å². The maximum Gasteiger partial charge on any atom is 0.224 e. The van der Waals surface area contributed by atoms with Crippen molar-refractivity contribution in [2.45, 2.75) is 6.54 Å². The fourth-order valence-electron chi connectivity index (χ4n) is 1.44. The van der Waals surface area contributed by atoms with Gasteiger partial charge >= 0.3 is 0 Å². The summed E-state index contributed by atoms with van der Waals surface area (Å²) in [5, 5.41) is 3.72. The molecule has 0 aliphatic rings. The minimum Gasteiger partial charge on any atom is -0.383 e. The van der Waals surface area contributed by atoms with Crippen LogP contribution in [0.1, 0.15) is 5.56 Å². The van der Waals surface area contributed by atoms with Crippen molar-refractivity contribution in [3.8, 4) is 0 Å². The second-order valence-corrected chi connectivity index (χ2v) is 3.24. The zero-order valence-corrected chi connectivity index (χ0v) is 8.49. The lowest BCUT2D eigenvalue weighted by Crippen LogP contribution is -2.02. The highest BCUT2D eigenvalue weighted by Gasteiger charge is 2.04. The number of nitrogens with two attached hydrogens (primary N) is 2. The van der Waals surface area contributed by atoms with Crippen molar-refractivity contribution in [1.29, 1.82) is 0 Å². The van der Waals surface area contributed by atoms with Gasteiger partial charge in [-0.1, -0.05) is 6.07 Å². The third-order valence-electron chi connectivity index (χ3n) is 2.25. The van der Waals surface area contributed by atoms with Crippen molar-refractivity contribution in [1.82, 2.24) is 9.97 Å². The smallest absolute Gasteiger partial charge is 0.224 e. The van der Waals surface area contributed by atoms with Gasteiger partial charge in [-0.25, -0.2) is 4.98 Å². The number of hydrogen-bond donors (Lipinski definition) is 3. The van der Waals surface area contributed by atoms with Crippen LogP contribution in [0.15, 0.2) is 18.2 Å². The molecule has 0 saturated carbocycles. The van der Waals surface area contributed by atoms with Crippen LogP contribution in [0.4, 0.5) is 11.8 Å². The molecule has 0 amide bonds. The van der Waals surface area contributed by atoms with Gasteiger partial charge in [0.2, 0.25) is 5.95 Å². The number of nitrogens with zero attached hydrogens (tertiary/aromatic N) is 2. The number of rotatable bonds is 2. The minimum atomic E-state index is 0.480. The molecule has 0 radical (unpaired) electrons. The summed E-state index contributed by atoms with van der Waals surface area (Å²) in [4.78, 5) is 8.40. The van der Waals surface area contributed by atoms with E-state index in [9.17, 15) is 0 Å². The van der Waals surface area contributed by atoms with E-state index in [1.54, 1.807) is 7.05 Å². The molecule has 0 aliphatic carbocycles. The molecule has 1 aromatic carbocycles. The van der Waals surface area contributed by atoms with Crippen LogP contribution in [0.2, 0.25) is 0 Å². The first-order valence-electron chi connectivity index (χ1n) is 4.68. The van der Waals surface area contributed by atoms with Crippen molar-refractivity contribution >= 4 is 22.7 Å². The molecule has 0 bridgehead atoms. The van der Waals surface area contributed by atoms with Gasteiger partial charge in [0, 0.05) is 19.0 Å². The molecule has 0 aliphatic heterocycles. The molecule has 0 unspecified atom stereocenters. The number of aromatic nitrogens is 2. The number of nitrogen functional groups attached to an aromatic ring is 1. The van der Waals surface area contributed by atoms with Crippen molar-refractivity contribution in [3.05, 3.63) is 23.8 Å². The average molecular weight is 203 g/mol. The minimum absolute atomic E-state index is 0.480. The van der Waals surface area contributed by atoms with E-state index in [0.29, 0.717) is 18.3 Å². The van der Waals surface area contributed by atoms with E-state index in [0.717, 1.165) is 16.5 Å². The Bertz CT molecular complexity index is 489. The Morgan fingerprint density at radius 3 is 2.80 bits per heavy atom. The van der Waals surface area contributed by atoms with Crippen molar-refractivity contribution in [2.24, 2.45) is 5.73 Å². The van der Waals surface area contributed by atoms with E-state index in [1.165, 1.54) is 0 Å². The molecule has 2 rings (SSSR count). The predicted molar refractivity (Wildman–Crippen MR) is 61.4 cm³/mol. The third kappa shape index (κ3) is 1.69. The average Bonchev–Trinajstić information content (AvgIpc) is 2.28. The molecule has 15 heavy (non-hydrogen) atoms. The van der Waals surface area contributed by atoms with Crippen LogP contribution < -0.4 is 16.8 Å². The van der Waals surface area contributed by atoms with Gasteiger partial charge in [0.05, 0.1) is 5.52 Å². The van der Waals surface area contributed by atoms with Gasteiger partial charge in [0.15, 0.2) is 0 Å². The summed E-state index contributed by atoms with van der Waals surface area (Å²) in [6, 6.07) is 5.75. The monoisotopic (exact) mass is 203 g/mol. The summed E-state index contributed by atoms with van der Waals surface area (Å²) < 4.78 is 0. The van der Waals surface area contributed by atoms with Gasteiger partial charge < -0.3 is 16.8 Å². The summed E-state index contributed by atoms with van der Waals surface area (Å²) in [5.41, 5.74) is 13.2. The molecule has 1 heterocycles. The van der Waals surface area contributed by atoms with Gasteiger partial charge in [0.25, 0.3) is 0 Å². The largest absolute Gasteiger partial charge is 0.383 e. The van der Waals surface area contributed by atoms with Crippen LogP contribution in [-0.4, -0.2) is 17.0 Å². The molecule has 1 aromatic heterocycles. The van der Waals surface area contributed by atoms with Crippen molar-refractivity contribution in [3.63, 3.8) is 0 Å². The highest BCUT2D eigenvalue weighted by Crippen LogP contribution is 2.20. The lowest BCUT2D eigenvalue weighted by Gasteiger charge is -2.05. The molecule has 78 valence electrons. The third-order valence-corrected chi connectivity index (χ3v) is 2.25. The molecule has 2 aromatic rings. The first kappa shape index (κ1) is 9.67. The highest BCUT2D eigenvalue weighted by atomic mass is 15.1. The quantitative estimate of drug-likeness (QED) is 0.669. The molecule has 5 nitrogen and oxygen atoms in total. The normalized spacial score (nSPS) is 10.5.